The first-order chi connectivity index (χ1) is 8.04. The minimum Gasteiger partial charge on any atom is -0.496 e. The standard InChI is InChI=1S/C13H12ClNO2/c1-8-5-9(14)6-10(11(8)17-2)12(16)13(7-15)3-4-13/h5-6H,3-4H2,1-2H3. The molecule has 1 saturated carbocycles. The predicted molar refractivity (Wildman–Crippen MR) is 64.4 cm³/mol. The maximum atomic E-state index is 12.3. The molecular weight excluding hydrogens is 238 g/mol. The lowest BCUT2D eigenvalue weighted by Crippen LogP contribution is -2.15. The minimum atomic E-state index is -0.843. The first-order valence-corrected chi connectivity index (χ1v) is 5.72. The summed E-state index contributed by atoms with van der Waals surface area (Å²) < 4.78 is 5.23. The van der Waals surface area contributed by atoms with Gasteiger partial charge in [-0.2, -0.15) is 5.26 Å². The van der Waals surface area contributed by atoms with E-state index in [9.17, 15) is 4.79 Å². The number of hydrogen-bond acceptors (Lipinski definition) is 3. The van der Waals surface area contributed by atoms with Crippen molar-refractivity contribution in [3.63, 3.8) is 0 Å². The summed E-state index contributed by atoms with van der Waals surface area (Å²) in [7, 11) is 1.51. The Morgan fingerprint density at radius 1 is 1.53 bits per heavy atom. The van der Waals surface area contributed by atoms with Crippen molar-refractivity contribution in [3.8, 4) is 11.8 Å². The van der Waals surface area contributed by atoms with Gasteiger partial charge in [-0.05, 0) is 37.5 Å². The molecule has 0 aliphatic heterocycles. The second-order valence-electron chi connectivity index (χ2n) is 4.33. The van der Waals surface area contributed by atoms with E-state index in [0.717, 1.165) is 5.56 Å². The molecule has 1 aliphatic rings. The maximum Gasteiger partial charge on any atom is 0.186 e. The van der Waals surface area contributed by atoms with Crippen molar-refractivity contribution in [2.24, 2.45) is 5.41 Å². The average Bonchev–Trinajstić information content (AvgIpc) is 3.08. The van der Waals surface area contributed by atoms with Crippen molar-refractivity contribution in [3.05, 3.63) is 28.3 Å². The van der Waals surface area contributed by atoms with Crippen molar-refractivity contribution >= 4 is 17.4 Å². The highest BCUT2D eigenvalue weighted by Gasteiger charge is 2.51. The van der Waals surface area contributed by atoms with Crippen LogP contribution in [-0.2, 0) is 0 Å². The third kappa shape index (κ3) is 1.89. The molecule has 1 aromatic rings. The lowest BCUT2D eigenvalue weighted by molar-refractivity contribution is 0.0931. The first-order valence-electron chi connectivity index (χ1n) is 5.34. The molecule has 0 saturated heterocycles. The van der Waals surface area contributed by atoms with Crippen LogP contribution in [0, 0.1) is 23.7 Å². The maximum absolute atomic E-state index is 12.3. The molecule has 0 spiro atoms. The molecule has 17 heavy (non-hydrogen) atoms. The Morgan fingerprint density at radius 3 is 2.65 bits per heavy atom. The number of halogens is 1. The van der Waals surface area contributed by atoms with E-state index in [4.69, 9.17) is 21.6 Å². The molecule has 0 amide bonds. The highest BCUT2D eigenvalue weighted by molar-refractivity contribution is 6.31. The quantitative estimate of drug-likeness (QED) is 0.774. The third-order valence-electron chi connectivity index (χ3n) is 3.09. The van der Waals surface area contributed by atoms with E-state index in [1.807, 2.05) is 6.92 Å². The van der Waals surface area contributed by atoms with Gasteiger partial charge in [0.25, 0.3) is 0 Å². The smallest absolute Gasteiger partial charge is 0.186 e. The number of Topliss-reactive ketones (excluding diaryl/α,β-unsaturated/α-hetero) is 1. The van der Waals surface area contributed by atoms with Crippen LogP contribution in [0.2, 0.25) is 5.02 Å². The minimum absolute atomic E-state index is 0.178. The van der Waals surface area contributed by atoms with Crippen LogP contribution < -0.4 is 4.74 Å². The second-order valence-corrected chi connectivity index (χ2v) is 4.76. The van der Waals surface area contributed by atoms with Gasteiger partial charge in [-0.3, -0.25) is 4.79 Å². The van der Waals surface area contributed by atoms with Crippen molar-refractivity contribution in [1.29, 1.82) is 5.26 Å². The summed E-state index contributed by atoms with van der Waals surface area (Å²) >= 11 is 5.95. The molecule has 0 unspecified atom stereocenters. The third-order valence-corrected chi connectivity index (χ3v) is 3.31. The van der Waals surface area contributed by atoms with Crippen molar-refractivity contribution in [1.82, 2.24) is 0 Å². The number of benzene rings is 1. The highest BCUT2D eigenvalue weighted by Crippen LogP contribution is 2.49. The molecule has 0 radical (unpaired) electrons. The molecule has 0 heterocycles. The molecule has 1 aliphatic carbocycles. The highest BCUT2D eigenvalue weighted by atomic mass is 35.5. The lowest BCUT2D eigenvalue weighted by atomic mass is 9.94. The number of carbonyl (C=O) groups excluding carboxylic acids is 1. The average molecular weight is 250 g/mol. The molecule has 0 bridgehead atoms. The fourth-order valence-corrected chi connectivity index (χ4v) is 2.21. The van der Waals surface area contributed by atoms with E-state index in [1.54, 1.807) is 12.1 Å². The van der Waals surface area contributed by atoms with E-state index >= 15 is 0 Å². The van der Waals surface area contributed by atoms with Gasteiger partial charge in [0.2, 0.25) is 0 Å². The van der Waals surface area contributed by atoms with E-state index in [0.29, 0.717) is 29.2 Å². The van der Waals surface area contributed by atoms with E-state index in [-0.39, 0.29) is 5.78 Å². The summed E-state index contributed by atoms with van der Waals surface area (Å²) in [5, 5.41) is 9.53. The Labute approximate surface area is 105 Å². The van der Waals surface area contributed by atoms with Gasteiger partial charge < -0.3 is 4.74 Å². The van der Waals surface area contributed by atoms with Crippen molar-refractivity contribution in [2.45, 2.75) is 19.8 Å². The van der Waals surface area contributed by atoms with Gasteiger partial charge in [0, 0.05) is 5.02 Å². The Hall–Kier alpha value is -1.53. The topological polar surface area (TPSA) is 50.1 Å². The number of hydrogen-bond donors (Lipinski definition) is 0. The van der Waals surface area contributed by atoms with Crippen LogP contribution in [0.25, 0.3) is 0 Å². The molecule has 3 nitrogen and oxygen atoms in total. The predicted octanol–water partition coefficient (Wildman–Crippen LogP) is 3.14. The first kappa shape index (κ1) is 11.9. The number of ether oxygens (including phenoxy) is 1. The van der Waals surface area contributed by atoms with Crippen LogP contribution in [0.1, 0.15) is 28.8 Å². The van der Waals surface area contributed by atoms with Crippen molar-refractivity contribution in [2.75, 3.05) is 7.11 Å². The molecule has 4 heteroatoms. The number of carbonyl (C=O) groups is 1. The van der Waals surface area contributed by atoms with E-state index in [1.165, 1.54) is 7.11 Å². The second kappa shape index (κ2) is 4.05. The fourth-order valence-electron chi connectivity index (χ4n) is 1.94. The van der Waals surface area contributed by atoms with E-state index < -0.39 is 5.41 Å². The number of nitriles is 1. The fraction of sp³-hybridized carbons (Fsp3) is 0.385. The Bertz CT molecular complexity index is 527. The van der Waals surface area contributed by atoms with Crippen LogP contribution in [0.4, 0.5) is 0 Å². The monoisotopic (exact) mass is 249 g/mol. The summed E-state index contributed by atoms with van der Waals surface area (Å²) in [4.78, 5) is 12.3. The zero-order valence-electron chi connectivity index (χ0n) is 9.71. The molecule has 88 valence electrons. The van der Waals surface area contributed by atoms with Gasteiger partial charge >= 0.3 is 0 Å². The van der Waals surface area contributed by atoms with Crippen molar-refractivity contribution < 1.29 is 9.53 Å². The summed E-state index contributed by atoms with van der Waals surface area (Å²) in [6.45, 7) is 1.83. The summed E-state index contributed by atoms with van der Waals surface area (Å²) in [5.41, 5.74) is 0.373. The summed E-state index contributed by atoms with van der Waals surface area (Å²) in [5.74, 6) is 0.336. The normalized spacial score (nSPS) is 16.1. The molecule has 0 aromatic heterocycles. The SMILES string of the molecule is COc1c(C)cc(Cl)cc1C(=O)C1(C#N)CC1. The van der Waals surface area contributed by atoms with Gasteiger partial charge in [-0.1, -0.05) is 11.6 Å². The van der Waals surface area contributed by atoms with Crippen LogP contribution >= 0.6 is 11.6 Å². The number of methoxy groups -OCH3 is 1. The van der Waals surface area contributed by atoms with Gasteiger partial charge in [0.05, 0.1) is 18.7 Å². The van der Waals surface area contributed by atoms with Gasteiger partial charge in [0.1, 0.15) is 11.2 Å². The lowest BCUT2D eigenvalue weighted by Gasteiger charge is -2.13. The largest absolute Gasteiger partial charge is 0.496 e. The van der Waals surface area contributed by atoms with Gasteiger partial charge in [-0.25, -0.2) is 0 Å². The zero-order chi connectivity index (χ0) is 12.6. The number of aryl methyl sites for hydroxylation is 1. The summed E-state index contributed by atoms with van der Waals surface area (Å²) in [6.07, 6.45) is 1.24. The number of nitrogens with zero attached hydrogens (tertiary/aromatic N) is 1. The summed E-state index contributed by atoms with van der Waals surface area (Å²) in [6, 6.07) is 5.41. The Morgan fingerprint density at radius 2 is 2.18 bits per heavy atom. The number of rotatable bonds is 3. The van der Waals surface area contributed by atoms with E-state index in [2.05, 4.69) is 6.07 Å². The van der Waals surface area contributed by atoms with Gasteiger partial charge in [-0.15, -0.1) is 0 Å². The Kier molecular flexibility index (Phi) is 2.84. The molecule has 1 fully saturated rings. The van der Waals surface area contributed by atoms with Crippen LogP contribution in [-0.4, -0.2) is 12.9 Å². The number of ketones is 1. The molecule has 1 aromatic carbocycles. The molecule has 2 rings (SSSR count). The molecular formula is C13H12ClNO2. The van der Waals surface area contributed by atoms with Gasteiger partial charge in [0.15, 0.2) is 5.78 Å². The Balaban J connectivity index is 2.52. The van der Waals surface area contributed by atoms with Crippen LogP contribution in [0.3, 0.4) is 0 Å². The molecule has 0 atom stereocenters. The molecule has 0 N–H and O–H groups in total. The zero-order valence-corrected chi connectivity index (χ0v) is 10.5. The van der Waals surface area contributed by atoms with Crippen LogP contribution in [0.15, 0.2) is 12.1 Å². The van der Waals surface area contributed by atoms with Crippen LogP contribution in [0.5, 0.6) is 5.75 Å².